The number of hydrogen-bond acceptors (Lipinski definition) is 4. The summed E-state index contributed by atoms with van der Waals surface area (Å²) < 4.78 is 11.7. The van der Waals surface area contributed by atoms with E-state index in [2.05, 4.69) is 20.8 Å². The standard InChI is InChI=1S/C15H26O3S/c1-5-17-13(16)9-12-7-6-8-15(12)18-11(2)10-14(3,4)19-15/h11-12H,5-10H2,1-4H3/t11-,12+,15-/m1/s1. The van der Waals surface area contributed by atoms with Crippen molar-refractivity contribution in [3.63, 3.8) is 0 Å². The summed E-state index contributed by atoms with van der Waals surface area (Å²) in [6, 6.07) is 0. The Hall–Kier alpha value is -0.220. The lowest BCUT2D eigenvalue weighted by molar-refractivity contribution is -0.147. The second-order valence-electron chi connectivity index (χ2n) is 6.40. The van der Waals surface area contributed by atoms with Gasteiger partial charge in [0.2, 0.25) is 0 Å². The van der Waals surface area contributed by atoms with Gasteiger partial charge in [0, 0.05) is 10.7 Å². The lowest BCUT2D eigenvalue weighted by atomic mass is 9.99. The zero-order valence-electron chi connectivity index (χ0n) is 12.5. The third kappa shape index (κ3) is 3.46. The van der Waals surface area contributed by atoms with E-state index in [9.17, 15) is 4.79 Å². The Kier molecular flexibility index (Phi) is 4.51. The van der Waals surface area contributed by atoms with Gasteiger partial charge in [-0.05, 0) is 39.5 Å². The van der Waals surface area contributed by atoms with E-state index in [1.54, 1.807) is 0 Å². The fourth-order valence-electron chi connectivity index (χ4n) is 3.59. The SMILES string of the molecule is CCOC(=O)C[C@@H]1CCC[C@]12O[C@H](C)CC(C)(C)S2. The fourth-order valence-corrected chi connectivity index (χ4v) is 5.67. The minimum absolute atomic E-state index is 0.0750. The van der Waals surface area contributed by atoms with Crippen molar-refractivity contribution in [3.05, 3.63) is 0 Å². The Morgan fingerprint density at radius 1 is 1.47 bits per heavy atom. The molecule has 0 aromatic rings. The largest absolute Gasteiger partial charge is 0.466 e. The van der Waals surface area contributed by atoms with Crippen molar-refractivity contribution < 1.29 is 14.3 Å². The monoisotopic (exact) mass is 286 g/mol. The first-order chi connectivity index (χ1) is 8.87. The van der Waals surface area contributed by atoms with Gasteiger partial charge in [0.25, 0.3) is 0 Å². The van der Waals surface area contributed by atoms with Crippen LogP contribution in [0.5, 0.6) is 0 Å². The van der Waals surface area contributed by atoms with Gasteiger partial charge in [-0.2, -0.15) is 0 Å². The van der Waals surface area contributed by atoms with Crippen molar-refractivity contribution >= 4 is 17.7 Å². The van der Waals surface area contributed by atoms with Crippen LogP contribution in [0.15, 0.2) is 0 Å². The van der Waals surface area contributed by atoms with E-state index in [1.165, 1.54) is 0 Å². The Morgan fingerprint density at radius 2 is 2.21 bits per heavy atom. The average Bonchev–Trinajstić information content (AvgIpc) is 2.57. The number of hydrogen-bond donors (Lipinski definition) is 0. The van der Waals surface area contributed by atoms with E-state index in [1.807, 2.05) is 18.7 Å². The van der Waals surface area contributed by atoms with E-state index in [0.717, 1.165) is 25.7 Å². The molecule has 3 nitrogen and oxygen atoms in total. The molecule has 1 saturated carbocycles. The van der Waals surface area contributed by atoms with Gasteiger partial charge in [0.1, 0.15) is 4.93 Å². The van der Waals surface area contributed by atoms with E-state index in [0.29, 0.717) is 18.9 Å². The first-order valence-electron chi connectivity index (χ1n) is 7.40. The average molecular weight is 286 g/mol. The predicted molar refractivity (Wildman–Crippen MR) is 78.2 cm³/mol. The van der Waals surface area contributed by atoms with Gasteiger partial charge >= 0.3 is 5.97 Å². The first-order valence-corrected chi connectivity index (χ1v) is 8.22. The summed E-state index contributed by atoms with van der Waals surface area (Å²) in [5.41, 5.74) is 0. The third-order valence-electron chi connectivity index (χ3n) is 4.05. The van der Waals surface area contributed by atoms with Crippen LogP contribution >= 0.6 is 11.8 Å². The van der Waals surface area contributed by atoms with Crippen molar-refractivity contribution in [3.8, 4) is 0 Å². The van der Waals surface area contributed by atoms with Crippen LogP contribution in [0.25, 0.3) is 0 Å². The molecule has 0 bridgehead atoms. The summed E-state index contributed by atoms with van der Waals surface area (Å²) in [6.07, 6.45) is 5.15. The molecule has 1 spiro atoms. The molecule has 2 aliphatic rings. The summed E-state index contributed by atoms with van der Waals surface area (Å²) in [4.78, 5) is 11.6. The quantitative estimate of drug-likeness (QED) is 0.740. The molecule has 3 atom stereocenters. The van der Waals surface area contributed by atoms with Crippen LogP contribution in [0.3, 0.4) is 0 Å². The molecule has 4 heteroatoms. The smallest absolute Gasteiger partial charge is 0.306 e. The molecule has 2 rings (SSSR count). The van der Waals surface area contributed by atoms with Crippen LogP contribution < -0.4 is 0 Å². The number of esters is 1. The van der Waals surface area contributed by atoms with Crippen LogP contribution in [-0.4, -0.2) is 28.4 Å². The summed E-state index contributed by atoms with van der Waals surface area (Å²) in [7, 11) is 0. The maximum atomic E-state index is 11.8. The molecule has 19 heavy (non-hydrogen) atoms. The molecule has 0 aromatic heterocycles. The van der Waals surface area contributed by atoms with Crippen LogP contribution in [0.1, 0.15) is 59.8 Å². The van der Waals surface area contributed by atoms with Crippen LogP contribution in [-0.2, 0) is 14.3 Å². The lowest BCUT2D eigenvalue weighted by Gasteiger charge is -2.48. The van der Waals surface area contributed by atoms with E-state index < -0.39 is 0 Å². The van der Waals surface area contributed by atoms with E-state index in [4.69, 9.17) is 9.47 Å². The van der Waals surface area contributed by atoms with Gasteiger partial charge in [-0.1, -0.05) is 13.8 Å². The third-order valence-corrected chi connectivity index (χ3v) is 5.75. The first kappa shape index (κ1) is 15.2. The Bertz CT molecular complexity index is 342. The Morgan fingerprint density at radius 3 is 2.84 bits per heavy atom. The maximum Gasteiger partial charge on any atom is 0.306 e. The molecule has 1 saturated heterocycles. The summed E-state index contributed by atoms with van der Waals surface area (Å²) in [6.45, 7) is 9.06. The normalized spacial score (nSPS) is 37.5. The second-order valence-corrected chi connectivity index (χ2v) is 8.40. The molecule has 0 N–H and O–H groups in total. The highest BCUT2D eigenvalue weighted by molar-refractivity contribution is 8.01. The zero-order valence-corrected chi connectivity index (χ0v) is 13.3. The fraction of sp³-hybridized carbons (Fsp3) is 0.933. The van der Waals surface area contributed by atoms with Gasteiger partial charge in [0.05, 0.1) is 19.1 Å². The van der Waals surface area contributed by atoms with Gasteiger partial charge in [-0.3, -0.25) is 4.79 Å². The topological polar surface area (TPSA) is 35.5 Å². The molecule has 0 radical (unpaired) electrons. The molecule has 1 heterocycles. The van der Waals surface area contributed by atoms with Gasteiger partial charge < -0.3 is 9.47 Å². The molecule has 1 aliphatic heterocycles. The van der Waals surface area contributed by atoms with Crippen LogP contribution in [0, 0.1) is 5.92 Å². The van der Waals surface area contributed by atoms with Crippen molar-refractivity contribution in [2.24, 2.45) is 5.92 Å². The van der Waals surface area contributed by atoms with Gasteiger partial charge in [0.15, 0.2) is 0 Å². The van der Waals surface area contributed by atoms with Gasteiger partial charge in [-0.25, -0.2) is 0 Å². The molecular formula is C15H26O3S. The van der Waals surface area contributed by atoms with Crippen LogP contribution in [0.2, 0.25) is 0 Å². The minimum Gasteiger partial charge on any atom is -0.466 e. The number of carbonyl (C=O) groups is 1. The summed E-state index contributed by atoms with van der Waals surface area (Å²) in [5.74, 6) is 0.229. The summed E-state index contributed by atoms with van der Waals surface area (Å²) in [5, 5.41) is 0. The molecule has 0 unspecified atom stereocenters. The predicted octanol–water partition coefficient (Wildman–Crippen LogP) is 3.76. The van der Waals surface area contributed by atoms with Crippen molar-refractivity contribution in [1.29, 1.82) is 0 Å². The Labute approximate surface area is 120 Å². The number of carbonyl (C=O) groups excluding carboxylic acids is 1. The number of ether oxygens (including phenoxy) is 2. The number of thioether (sulfide) groups is 1. The minimum atomic E-state index is -0.159. The van der Waals surface area contributed by atoms with E-state index >= 15 is 0 Å². The summed E-state index contributed by atoms with van der Waals surface area (Å²) >= 11 is 1.94. The highest BCUT2D eigenvalue weighted by Gasteiger charge is 2.52. The van der Waals surface area contributed by atoms with Crippen molar-refractivity contribution in [2.75, 3.05) is 6.61 Å². The Balaban J connectivity index is 2.09. The maximum absolute atomic E-state index is 11.8. The highest BCUT2D eigenvalue weighted by atomic mass is 32.2. The molecule has 1 aliphatic carbocycles. The molecule has 110 valence electrons. The number of rotatable bonds is 3. The molecule has 0 amide bonds. The van der Waals surface area contributed by atoms with Gasteiger partial charge in [-0.15, -0.1) is 11.8 Å². The second kappa shape index (κ2) is 5.65. The molecule has 0 aromatic carbocycles. The highest BCUT2D eigenvalue weighted by Crippen LogP contribution is 2.57. The lowest BCUT2D eigenvalue weighted by Crippen LogP contribution is -2.47. The van der Waals surface area contributed by atoms with Crippen LogP contribution in [0.4, 0.5) is 0 Å². The van der Waals surface area contributed by atoms with E-state index in [-0.39, 0.29) is 21.8 Å². The zero-order chi connectivity index (χ0) is 14.1. The van der Waals surface area contributed by atoms with Crippen molar-refractivity contribution in [1.82, 2.24) is 0 Å². The van der Waals surface area contributed by atoms with Crippen molar-refractivity contribution in [2.45, 2.75) is 75.6 Å². The molecular weight excluding hydrogens is 260 g/mol. The molecule has 2 fully saturated rings.